The van der Waals surface area contributed by atoms with Gasteiger partial charge in [-0.25, -0.2) is 12.7 Å². The molecular formula is C23H29N3O5S. The molecule has 1 aromatic heterocycles. The number of hydrogen-bond acceptors (Lipinski definition) is 6. The summed E-state index contributed by atoms with van der Waals surface area (Å²) in [5.41, 5.74) is -0.322. The molecule has 1 atom stereocenters. The lowest BCUT2D eigenvalue weighted by Gasteiger charge is -2.33. The van der Waals surface area contributed by atoms with E-state index in [2.05, 4.69) is 10.2 Å². The minimum Gasteiger partial charge on any atom is -0.468 e. The molecule has 32 heavy (non-hydrogen) atoms. The van der Waals surface area contributed by atoms with Crippen LogP contribution in [-0.4, -0.2) is 50.5 Å². The van der Waals surface area contributed by atoms with Crippen LogP contribution in [0.1, 0.15) is 55.3 Å². The van der Waals surface area contributed by atoms with E-state index >= 15 is 0 Å². The number of nitrogens with one attached hydrogen (secondary N) is 1. The fourth-order valence-electron chi connectivity index (χ4n) is 4.42. The Morgan fingerprint density at radius 3 is 2.38 bits per heavy atom. The standard InChI is InChI=1S/C23H29N3O5S/c1-23(2)16-32(29,30)26(22(23)28)18-10-8-17(9-11-18)21(27)24-15-19(20-7-6-14-31-20)25-12-4-3-5-13-25/h6-11,14,19H,3-5,12-13,15-16H2,1-2H3,(H,24,27). The lowest BCUT2D eigenvalue weighted by atomic mass is 9.95. The Balaban J connectivity index is 1.45. The van der Waals surface area contributed by atoms with E-state index in [0.29, 0.717) is 12.1 Å². The molecule has 0 radical (unpaired) electrons. The van der Waals surface area contributed by atoms with Crippen molar-refractivity contribution in [1.82, 2.24) is 10.2 Å². The molecule has 0 spiro atoms. The molecule has 172 valence electrons. The number of carbonyl (C=O) groups is 2. The lowest BCUT2D eigenvalue weighted by Crippen LogP contribution is -2.40. The number of rotatable bonds is 6. The van der Waals surface area contributed by atoms with Crippen molar-refractivity contribution in [1.29, 1.82) is 0 Å². The highest BCUT2D eigenvalue weighted by Crippen LogP contribution is 2.35. The molecule has 1 N–H and O–H groups in total. The summed E-state index contributed by atoms with van der Waals surface area (Å²) in [5.74, 6) is -0.132. The van der Waals surface area contributed by atoms with Crippen LogP contribution in [0.25, 0.3) is 0 Å². The number of anilines is 1. The summed E-state index contributed by atoms with van der Waals surface area (Å²) in [4.78, 5) is 27.7. The Bertz CT molecular complexity index is 1070. The molecule has 2 aromatic rings. The summed E-state index contributed by atoms with van der Waals surface area (Å²) in [6, 6.07) is 9.82. The summed E-state index contributed by atoms with van der Waals surface area (Å²) in [6.45, 7) is 5.56. The second kappa shape index (κ2) is 8.71. The zero-order valence-electron chi connectivity index (χ0n) is 18.4. The number of furan rings is 1. The topological polar surface area (TPSA) is 99.9 Å². The van der Waals surface area contributed by atoms with Crippen LogP contribution in [0.3, 0.4) is 0 Å². The number of hydrogen-bond donors (Lipinski definition) is 1. The van der Waals surface area contributed by atoms with Crippen LogP contribution in [0, 0.1) is 5.41 Å². The quantitative estimate of drug-likeness (QED) is 0.713. The molecule has 2 amide bonds. The van der Waals surface area contributed by atoms with Gasteiger partial charge in [-0.05, 0) is 76.2 Å². The van der Waals surface area contributed by atoms with Crippen LogP contribution in [0.15, 0.2) is 47.1 Å². The van der Waals surface area contributed by atoms with Crippen LogP contribution in [0.2, 0.25) is 0 Å². The van der Waals surface area contributed by atoms with E-state index in [9.17, 15) is 18.0 Å². The summed E-state index contributed by atoms with van der Waals surface area (Å²) >= 11 is 0. The molecule has 3 heterocycles. The Hall–Kier alpha value is -2.65. The van der Waals surface area contributed by atoms with Gasteiger partial charge < -0.3 is 9.73 Å². The summed E-state index contributed by atoms with van der Waals surface area (Å²) in [5, 5.41) is 2.97. The van der Waals surface area contributed by atoms with Crippen molar-refractivity contribution in [2.75, 3.05) is 29.7 Å². The van der Waals surface area contributed by atoms with E-state index in [1.165, 1.54) is 18.6 Å². The molecule has 0 aliphatic carbocycles. The second-order valence-electron chi connectivity index (χ2n) is 9.09. The number of benzene rings is 1. The van der Waals surface area contributed by atoms with E-state index in [-0.39, 0.29) is 23.4 Å². The van der Waals surface area contributed by atoms with Gasteiger partial charge in [0, 0.05) is 12.1 Å². The first-order valence-corrected chi connectivity index (χ1v) is 12.5. The highest BCUT2D eigenvalue weighted by atomic mass is 32.2. The molecule has 1 aromatic carbocycles. The van der Waals surface area contributed by atoms with Crippen LogP contribution in [0.5, 0.6) is 0 Å². The van der Waals surface area contributed by atoms with E-state index in [4.69, 9.17) is 4.42 Å². The van der Waals surface area contributed by atoms with Crippen LogP contribution in [-0.2, 0) is 14.8 Å². The first-order chi connectivity index (χ1) is 15.2. The van der Waals surface area contributed by atoms with Crippen molar-refractivity contribution in [3.8, 4) is 0 Å². The van der Waals surface area contributed by atoms with Gasteiger partial charge in [0.15, 0.2) is 0 Å². The maximum Gasteiger partial charge on any atom is 0.251 e. The van der Waals surface area contributed by atoms with Crippen molar-refractivity contribution in [2.24, 2.45) is 5.41 Å². The molecule has 2 aliphatic rings. The fraction of sp³-hybridized carbons (Fsp3) is 0.478. The molecule has 9 heteroatoms. The lowest BCUT2D eigenvalue weighted by molar-refractivity contribution is -0.123. The Labute approximate surface area is 188 Å². The molecule has 0 saturated carbocycles. The van der Waals surface area contributed by atoms with Gasteiger partial charge in [0.25, 0.3) is 5.91 Å². The third-order valence-corrected chi connectivity index (χ3v) is 8.13. The van der Waals surface area contributed by atoms with Gasteiger partial charge in [-0.3, -0.25) is 14.5 Å². The van der Waals surface area contributed by atoms with E-state index in [1.807, 2.05) is 12.1 Å². The third kappa shape index (κ3) is 4.45. The van der Waals surface area contributed by atoms with Crippen LogP contribution >= 0.6 is 0 Å². The number of likely N-dealkylation sites (tertiary alicyclic amines) is 1. The van der Waals surface area contributed by atoms with Crippen molar-refractivity contribution >= 4 is 27.5 Å². The van der Waals surface area contributed by atoms with Crippen molar-refractivity contribution in [3.63, 3.8) is 0 Å². The third-order valence-electron chi connectivity index (χ3n) is 6.11. The number of carbonyl (C=O) groups excluding carboxylic acids is 2. The normalized spacial score (nSPS) is 21.4. The molecule has 4 rings (SSSR count). The smallest absolute Gasteiger partial charge is 0.251 e. The zero-order chi connectivity index (χ0) is 22.9. The monoisotopic (exact) mass is 459 g/mol. The minimum atomic E-state index is -3.72. The molecule has 8 nitrogen and oxygen atoms in total. The summed E-state index contributed by atoms with van der Waals surface area (Å²) < 4.78 is 31.4. The SMILES string of the molecule is CC1(C)CS(=O)(=O)N(c2ccc(C(=O)NCC(c3ccco3)N3CCCCC3)cc2)C1=O. The highest BCUT2D eigenvalue weighted by molar-refractivity contribution is 7.94. The zero-order valence-corrected chi connectivity index (χ0v) is 19.2. The van der Waals surface area contributed by atoms with Gasteiger partial charge >= 0.3 is 0 Å². The average molecular weight is 460 g/mol. The van der Waals surface area contributed by atoms with Gasteiger partial charge in [-0.15, -0.1) is 0 Å². The Kier molecular flexibility index (Phi) is 6.13. The van der Waals surface area contributed by atoms with Crippen molar-refractivity contribution in [3.05, 3.63) is 54.0 Å². The fourth-order valence-corrected chi connectivity index (χ4v) is 6.53. The highest BCUT2D eigenvalue weighted by Gasteiger charge is 2.49. The van der Waals surface area contributed by atoms with Gasteiger partial charge in [0.2, 0.25) is 15.9 Å². The van der Waals surface area contributed by atoms with E-state index < -0.39 is 21.3 Å². The second-order valence-corrected chi connectivity index (χ2v) is 10.9. The van der Waals surface area contributed by atoms with Crippen molar-refractivity contribution in [2.45, 2.75) is 39.2 Å². The first kappa shape index (κ1) is 22.5. The predicted octanol–water partition coefficient (Wildman–Crippen LogP) is 2.94. The van der Waals surface area contributed by atoms with Gasteiger partial charge in [0.1, 0.15) is 5.76 Å². The molecule has 2 aliphatic heterocycles. The van der Waals surface area contributed by atoms with E-state index in [1.54, 1.807) is 32.2 Å². The maximum absolute atomic E-state index is 12.8. The van der Waals surface area contributed by atoms with Crippen molar-refractivity contribution < 1.29 is 22.4 Å². The molecule has 2 saturated heterocycles. The number of sulfonamides is 1. The number of nitrogens with zero attached hydrogens (tertiary/aromatic N) is 2. The number of amides is 2. The largest absolute Gasteiger partial charge is 0.468 e. The van der Waals surface area contributed by atoms with Gasteiger partial charge in [-0.1, -0.05) is 6.42 Å². The first-order valence-electron chi connectivity index (χ1n) is 10.9. The predicted molar refractivity (Wildman–Crippen MR) is 121 cm³/mol. The molecule has 1 unspecified atom stereocenters. The Morgan fingerprint density at radius 2 is 1.81 bits per heavy atom. The minimum absolute atomic E-state index is 0.0388. The van der Waals surface area contributed by atoms with Gasteiger partial charge in [0.05, 0.1) is 29.2 Å². The molecular weight excluding hydrogens is 430 g/mol. The Morgan fingerprint density at radius 1 is 1.12 bits per heavy atom. The van der Waals surface area contributed by atoms with Gasteiger partial charge in [-0.2, -0.15) is 0 Å². The van der Waals surface area contributed by atoms with E-state index in [0.717, 1.165) is 36.0 Å². The average Bonchev–Trinajstić information content (AvgIpc) is 3.33. The van der Waals surface area contributed by atoms with Crippen LogP contribution in [0.4, 0.5) is 5.69 Å². The summed E-state index contributed by atoms with van der Waals surface area (Å²) in [7, 11) is -3.72. The molecule has 2 fully saturated rings. The maximum atomic E-state index is 12.8. The number of piperidine rings is 1. The summed E-state index contributed by atoms with van der Waals surface area (Å²) in [6.07, 6.45) is 5.11. The molecule has 0 bridgehead atoms. The van der Waals surface area contributed by atoms with Crippen LogP contribution < -0.4 is 9.62 Å².